The SMILES string of the molecule is C=[N+]1CCC23C=CC(OC(=O)c4ccsc4)CC2Oc2c(OCC)ccc(c23)C1. The molecule has 3 unspecified atom stereocenters. The Morgan fingerprint density at radius 3 is 3.10 bits per heavy atom. The molecule has 29 heavy (non-hydrogen) atoms. The zero-order valence-corrected chi connectivity index (χ0v) is 17.2. The second-order valence-corrected chi connectivity index (χ2v) is 8.64. The molecule has 3 aliphatic rings. The lowest BCUT2D eigenvalue weighted by Gasteiger charge is -2.35. The minimum absolute atomic E-state index is 0.0883. The molecule has 2 aliphatic heterocycles. The molecule has 3 heterocycles. The van der Waals surface area contributed by atoms with Crippen LogP contribution in [-0.4, -0.2) is 42.6 Å². The van der Waals surface area contributed by atoms with Gasteiger partial charge in [0.25, 0.3) is 0 Å². The summed E-state index contributed by atoms with van der Waals surface area (Å²) < 4.78 is 20.2. The van der Waals surface area contributed by atoms with Gasteiger partial charge in [0, 0.05) is 29.3 Å². The van der Waals surface area contributed by atoms with Crippen LogP contribution < -0.4 is 9.47 Å². The molecule has 150 valence electrons. The van der Waals surface area contributed by atoms with Crippen molar-refractivity contribution >= 4 is 24.0 Å². The molecule has 1 spiro atoms. The summed E-state index contributed by atoms with van der Waals surface area (Å²) >= 11 is 1.49. The van der Waals surface area contributed by atoms with Crippen molar-refractivity contribution in [3.05, 3.63) is 57.8 Å². The Labute approximate surface area is 174 Å². The van der Waals surface area contributed by atoms with E-state index in [1.165, 1.54) is 22.5 Å². The predicted octanol–water partition coefficient (Wildman–Crippen LogP) is 3.95. The highest BCUT2D eigenvalue weighted by Gasteiger charge is 2.54. The van der Waals surface area contributed by atoms with Crippen LogP contribution in [0.5, 0.6) is 11.5 Å². The number of hydrogen-bond acceptors (Lipinski definition) is 5. The normalized spacial score (nSPS) is 26.9. The average molecular weight is 411 g/mol. The molecule has 6 heteroatoms. The van der Waals surface area contributed by atoms with Crippen molar-refractivity contribution in [2.75, 3.05) is 13.2 Å². The molecule has 0 fully saturated rings. The second-order valence-electron chi connectivity index (χ2n) is 7.86. The molecule has 1 aliphatic carbocycles. The van der Waals surface area contributed by atoms with Crippen LogP contribution in [0.25, 0.3) is 0 Å². The summed E-state index contributed by atoms with van der Waals surface area (Å²) in [4.78, 5) is 12.4. The Morgan fingerprint density at radius 2 is 2.31 bits per heavy atom. The van der Waals surface area contributed by atoms with Crippen LogP contribution in [0.15, 0.2) is 41.1 Å². The summed E-state index contributed by atoms with van der Waals surface area (Å²) in [6.45, 7) is 8.42. The third-order valence-corrected chi connectivity index (χ3v) is 6.80. The topological polar surface area (TPSA) is 47.8 Å². The number of rotatable bonds is 4. The first-order valence-corrected chi connectivity index (χ1v) is 11.0. The first kappa shape index (κ1) is 18.4. The summed E-state index contributed by atoms with van der Waals surface area (Å²) in [5, 5.41) is 3.69. The molecule has 0 bridgehead atoms. The number of hydrogen-bond donors (Lipinski definition) is 0. The molecule has 0 saturated carbocycles. The average Bonchev–Trinajstić information content (AvgIpc) is 3.32. The summed E-state index contributed by atoms with van der Waals surface area (Å²) in [6, 6.07) is 5.93. The van der Waals surface area contributed by atoms with Gasteiger partial charge in [0.05, 0.1) is 17.6 Å². The highest BCUT2D eigenvalue weighted by atomic mass is 32.1. The number of esters is 1. The van der Waals surface area contributed by atoms with Crippen molar-refractivity contribution in [1.29, 1.82) is 0 Å². The van der Waals surface area contributed by atoms with Gasteiger partial charge in [-0.3, -0.25) is 0 Å². The smallest absolute Gasteiger partial charge is 0.339 e. The van der Waals surface area contributed by atoms with E-state index in [4.69, 9.17) is 14.2 Å². The maximum absolute atomic E-state index is 12.4. The van der Waals surface area contributed by atoms with Crippen molar-refractivity contribution in [2.24, 2.45) is 0 Å². The van der Waals surface area contributed by atoms with E-state index in [1.807, 2.05) is 29.8 Å². The van der Waals surface area contributed by atoms with Gasteiger partial charge in [0.1, 0.15) is 25.5 Å². The third kappa shape index (κ3) is 2.97. The van der Waals surface area contributed by atoms with Gasteiger partial charge in [-0.1, -0.05) is 6.08 Å². The molecule has 0 radical (unpaired) electrons. The fraction of sp³-hybridized carbons (Fsp3) is 0.391. The van der Waals surface area contributed by atoms with Crippen molar-refractivity contribution in [3.63, 3.8) is 0 Å². The molecular formula is C23H24NO4S+. The van der Waals surface area contributed by atoms with E-state index >= 15 is 0 Å². The monoisotopic (exact) mass is 410 g/mol. The van der Waals surface area contributed by atoms with Gasteiger partial charge in [-0.05, 0) is 36.6 Å². The molecule has 1 aromatic heterocycles. The summed E-state index contributed by atoms with van der Waals surface area (Å²) in [7, 11) is 0. The quantitative estimate of drug-likeness (QED) is 0.435. The maximum atomic E-state index is 12.4. The molecule has 3 atom stereocenters. The molecule has 0 amide bonds. The maximum Gasteiger partial charge on any atom is 0.339 e. The van der Waals surface area contributed by atoms with Crippen LogP contribution in [0.3, 0.4) is 0 Å². The predicted molar refractivity (Wildman–Crippen MR) is 112 cm³/mol. The minimum Gasteiger partial charge on any atom is -0.490 e. The van der Waals surface area contributed by atoms with E-state index < -0.39 is 0 Å². The van der Waals surface area contributed by atoms with E-state index in [0.717, 1.165) is 31.0 Å². The van der Waals surface area contributed by atoms with E-state index in [1.54, 1.807) is 6.07 Å². The molecule has 5 rings (SSSR count). The van der Waals surface area contributed by atoms with Crippen LogP contribution in [0, 0.1) is 0 Å². The van der Waals surface area contributed by atoms with Crippen molar-refractivity contribution in [1.82, 2.24) is 0 Å². The number of ether oxygens (including phenoxy) is 3. The van der Waals surface area contributed by atoms with Crippen LogP contribution in [0.4, 0.5) is 0 Å². The zero-order chi connectivity index (χ0) is 20.0. The first-order valence-electron chi connectivity index (χ1n) is 10.0. The number of carbonyl (C=O) groups excluding carboxylic acids is 1. The van der Waals surface area contributed by atoms with Gasteiger partial charge in [0.2, 0.25) is 0 Å². The minimum atomic E-state index is -0.301. The third-order valence-electron chi connectivity index (χ3n) is 6.11. The Kier molecular flexibility index (Phi) is 4.46. The molecule has 5 nitrogen and oxygen atoms in total. The number of thiophene rings is 1. The Hall–Kier alpha value is -2.60. The van der Waals surface area contributed by atoms with E-state index in [9.17, 15) is 4.79 Å². The molecule has 1 aromatic carbocycles. The van der Waals surface area contributed by atoms with Crippen LogP contribution in [-0.2, 0) is 16.7 Å². The highest BCUT2D eigenvalue weighted by molar-refractivity contribution is 7.08. The Bertz CT molecular complexity index is 997. The van der Waals surface area contributed by atoms with Crippen molar-refractivity contribution < 1.29 is 23.6 Å². The molecular weight excluding hydrogens is 386 g/mol. The fourth-order valence-electron chi connectivity index (χ4n) is 4.76. The van der Waals surface area contributed by atoms with E-state index in [2.05, 4.69) is 23.4 Å². The molecule has 0 N–H and O–H groups in total. The van der Waals surface area contributed by atoms with E-state index in [-0.39, 0.29) is 23.6 Å². The van der Waals surface area contributed by atoms with Gasteiger partial charge < -0.3 is 14.2 Å². The number of nitrogens with zero attached hydrogens (tertiary/aromatic N) is 1. The second kappa shape index (κ2) is 7.02. The van der Waals surface area contributed by atoms with Gasteiger partial charge in [-0.25, -0.2) is 9.37 Å². The van der Waals surface area contributed by atoms with Gasteiger partial charge in [0.15, 0.2) is 18.0 Å². The standard InChI is InChI=1S/C23H24NO4S/c1-3-26-18-5-4-15-13-24(2)10-9-23-8-6-17(12-19(23)28-21(18)20(15)23)27-22(25)16-7-11-29-14-16/h4-8,11,14,17,19H,2-3,9-10,12-13H2,1H3/q+1. The number of benzene rings is 1. The van der Waals surface area contributed by atoms with Crippen molar-refractivity contribution in [2.45, 2.75) is 43.9 Å². The zero-order valence-electron chi connectivity index (χ0n) is 16.4. The lowest BCUT2D eigenvalue weighted by molar-refractivity contribution is -0.535. The Balaban J connectivity index is 1.50. The van der Waals surface area contributed by atoms with Crippen molar-refractivity contribution in [3.8, 4) is 11.5 Å². The summed E-state index contributed by atoms with van der Waals surface area (Å²) in [5.41, 5.74) is 2.83. The lowest BCUT2D eigenvalue weighted by atomic mass is 9.69. The fourth-order valence-corrected chi connectivity index (χ4v) is 5.39. The first-order chi connectivity index (χ1) is 14.1. The summed E-state index contributed by atoms with van der Waals surface area (Å²) in [5.74, 6) is 1.35. The number of carbonyl (C=O) groups is 1. The van der Waals surface area contributed by atoms with Gasteiger partial charge in [-0.15, -0.1) is 0 Å². The van der Waals surface area contributed by atoms with Gasteiger partial charge in [-0.2, -0.15) is 11.3 Å². The molecule has 0 saturated heterocycles. The van der Waals surface area contributed by atoms with Crippen LogP contribution in [0.1, 0.15) is 41.3 Å². The largest absolute Gasteiger partial charge is 0.490 e. The summed E-state index contributed by atoms with van der Waals surface area (Å²) in [6.07, 6.45) is 5.40. The van der Waals surface area contributed by atoms with Gasteiger partial charge >= 0.3 is 5.97 Å². The highest BCUT2D eigenvalue weighted by Crippen LogP contribution is 2.55. The van der Waals surface area contributed by atoms with E-state index in [0.29, 0.717) is 18.6 Å². The lowest BCUT2D eigenvalue weighted by Crippen LogP contribution is -2.43. The Morgan fingerprint density at radius 1 is 1.41 bits per heavy atom. The molecule has 2 aromatic rings. The van der Waals surface area contributed by atoms with Crippen LogP contribution >= 0.6 is 11.3 Å². The van der Waals surface area contributed by atoms with Crippen LogP contribution in [0.2, 0.25) is 0 Å².